The first-order chi connectivity index (χ1) is 11.8. The van der Waals surface area contributed by atoms with Gasteiger partial charge in [-0.25, -0.2) is 8.78 Å². The van der Waals surface area contributed by atoms with Crippen molar-refractivity contribution < 1.29 is 18.4 Å². The molecule has 1 aromatic heterocycles. The van der Waals surface area contributed by atoms with Crippen LogP contribution in [0.2, 0.25) is 0 Å². The molecule has 25 heavy (non-hydrogen) atoms. The zero-order chi connectivity index (χ0) is 18.6. The molecule has 134 valence electrons. The summed E-state index contributed by atoms with van der Waals surface area (Å²) in [5, 5.41) is 9.90. The standard InChI is InChI=1S/C15H17F2N5O2S/c1-8(14(24)19-13-9(16)4-3-5-10(13)17)25-15-21-20-12(22(15)2)7-6-11(18)23/h3-5,8H,6-7H2,1-2H3,(H2,18,23)(H,19,24)/t8-/m0/s1. The Kier molecular flexibility index (Phi) is 6.07. The van der Waals surface area contributed by atoms with E-state index in [0.717, 1.165) is 23.9 Å². The van der Waals surface area contributed by atoms with Crippen LogP contribution in [-0.4, -0.2) is 31.8 Å². The van der Waals surface area contributed by atoms with Gasteiger partial charge in [0.15, 0.2) is 5.16 Å². The monoisotopic (exact) mass is 369 g/mol. The number of carbonyl (C=O) groups excluding carboxylic acids is 2. The summed E-state index contributed by atoms with van der Waals surface area (Å²) < 4.78 is 28.8. The van der Waals surface area contributed by atoms with Crippen LogP contribution in [0.3, 0.4) is 0 Å². The van der Waals surface area contributed by atoms with E-state index in [2.05, 4.69) is 15.5 Å². The van der Waals surface area contributed by atoms with Crippen LogP contribution in [0.25, 0.3) is 0 Å². The van der Waals surface area contributed by atoms with E-state index < -0.39 is 34.4 Å². The Morgan fingerprint density at radius 1 is 1.32 bits per heavy atom. The SMILES string of the molecule is C[C@H](Sc1nnc(CCC(N)=O)n1C)C(=O)Nc1c(F)cccc1F. The summed E-state index contributed by atoms with van der Waals surface area (Å²) in [5.74, 6) is -2.17. The summed E-state index contributed by atoms with van der Waals surface area (Å²) in [6.07, 6.45) is 0.472. The van der Waals surface area contributed by atoms with Crippen molar-refractivity contribution in [1.82, 2.24) is 14.8 Å². The quantitative estimate of drug-likeness (QED) is 0.722. The highest BCUT2D eigenvalue weighted by Crippen LogP contribution is 2.24. The van der Waals surface area contributed by atoms with Gasteiger partial charge in [0.25, 0.3) is 0 Å². The van der Waals surface area contributed by atoms with Gasteiger partial charge in [-0.15, -0.1) is 10.2 Å². The molecule has 7 nitrogen and oxygen atoms in total. The van der Waals surface area contributed by atoms with Crippen LogP contribution in [0.1, 0.15) is 19.2 Å². The largest absolute Gasteiger partial charge is 0.370 e. The molecule has 1 heterocycles. The Bertz CT molecular complexity index is 776. The number of amides is 2. The first kappa shape index (κ1) is 18.8. The number of thioether (sulfide) groups is 1. The molecule has 2 aromatic rings. The van der Waals surface area contributed by atoms with Crippen molar-refractivity contribution in [2.24, 2.45) is 12.8 Å². The van der Waals surface area contributed by atoms with Crippen molar-refractivity contribution in [3.05, 3.63) is 35.7 Å². The summed E-state index contributed by atoms with van der Waals surface area (Å²) >= 11 is 1.08. The van der Waals surface area contributed by atoms with Gasteiger partial charge >= 0.3 is 0 Å². The average Bonchev–Trinajstić information content (AvgIpc) is 2.89. The molecule has 0 spiro atoms. The van der Waals surface area contributed by atoms with Gasteiger partial charge in [0.2, 0.25) is 11.8 Å². The molecule has 0 unspecified atom stereocenters. The number of hydrogen-bond donors (Lipinski definition) is 2. The number of benzene rings is 1. The zero-order valence-electron chi connectivity index (χ0n) is 13.6. The molecule has 10 heteroatoms. The average molecular weight is 369 g/mol. The second kappa shape index (κ2) is 8.06. The molecule has 2 amide bonds. The Hall–Kier alpha value is -2.49. The smallest absolute Gasteiger partial charge is 0.237 e. The lowest BCUT2D eigenvalue weighted by atomic mass is 10.3. The van der Waals surface area contributed by atoms with Crippen LogP contribution < -0.4 is 11.1 Å². The fourth-order valence-corrected chi connectivity index (χ4v) is 2.79. The number of halogens is 2. The molecule has 0 fully saturated rings. The van der Waals surface area contributed by atoms with Crippen LogP contribution in [0.15, 0.2) is 23.4 Å². The van der Waals surface area contributed by atoms with E-state index in [4.69, 9.17) is 5.73 Å². The van der Waals surface area contributed by atoms with E-state index in [1.165, 1.54) is 6.07 Å². The van der Waals surface area contributed by atoms with Crippen LogP contribution >= 0.6 is 11.8 Å². The number of nitrogens with one attached hydrogen (secondary N) is 1. The Morgan fingerprint density at radius 2 is 1.96 bits per heavy atom. The highest BCUT2D eigenvalue weighted by molar-refractivity contribution is 8.00. The molecule has 0 radical (unpaired) electrons. The Balaban J connectivity index is 2.03. The number of hydrogen-bond acceptors (Lipinski definition) is 5. The van der Waals surface area contributed by atoms with Crippen molar-refractivity contribution in [1.29, 1.82) is 0 Å². The van der Waals surface area contributed by atoms with Gasteiger partial charge in [0.1, 0.15) is 23.1 Å². The predicted molar refractivity (Wildman–Crippen MR) is 88.8 cm³/mol. The van der Waals surface area contributed by atoms with Crippen molar-refractivity contribution >= 4 is 29.3 Å². The number of rotatable bonds is 7. The number of aromatic nitrogens is 3. The summed E-state index contributed by atoms with van der Waals surface area (Å²) in [6, 6.07) is 3.33. The molecule has 0 aliphatic heterocycles. The lowest BCUT2D eigenvalue weighted by Crippen LogP contribution is -2.24. The topological polar surface area (TPSA) is 103 Å². The lowest BCUT2D eigenvalue weighted by Gasteiger charge is -2.12. The molecular formula is C15H17F2N5O2S. The molecule has 0 aliphatic carbocycles. The van der Waals surface area contributed by atoms with Gasteiger partial charge in [-0.05, 0) is 19.1 Å². The van der Waals surface area contributed by atoms with Crippen LogP contribution in [-0.2, 0) is 23.1 Å². The fourth-order valence-electron chi connectivity index (χ4n) is 1.95. The number of carbonyl (C=O) groups is 2. The Labute approximate surface area is 147 Å². The highest BCUT2D eigenvalue weighted by atomic mass is 32.2. The maximum atomic E-state index is 13.6. The first-order valence-electron chi connectivity index (χ1n) is 7.37. The van der Waals surface area contributed by atoms with Gasteiger partial charge < -0.3 is 15.6 Å². The van der Waals surface area contributed by atoms with Gasteiger partial charge in [0, 0.05) is 19.9 Å². The van der Waals surface area contributed by atoms with E-state index >= 15 is 0 Å². The van der Waals surface area contributed by atoms with Crippen LogP contribution in [0, 0.1) is 11.6 Å². The zero-order valence-corrected chi connectivity index (χ0v) is 14.4. The predicted octanol–water partition coefficient (Wildman–Crippen LogP) is 1.63. The number of anilines is 1. The fraction of sp³-hybridized carbons (Fsp3) is 0.333. The first-order valence-corrected chi connectivity index (χ1v) is 8.25. The molecule has 2 rings (SSSR count). The molecular weight excluding hydrogens is 352 g/mol. The van der Waals surface area contributed by atoms with Crippen molar-refractivity contribution in [3.63, 3.8) is 0 Å². The van der Waals surface area contributed by atoms with Crippen molar-refractivity contribution in [2.75, 3.05) is 5.32 Å². The van der Waals surface area contributed by atoms with Gasteiger partial charge in [-0.3, -0.25) is 9.59 Å². The molecule has 1 atom stereocenters. The maximum absolute atomic E-state index is 13.6. The van der Waals surface area contributed by atoms with Crippen LogP contribution in [0.4, 0.5) is 14.5 Å². The summed E-state index contributed by atoms with van der Waals surface area (Å²) in [7, 11) is 1.69. The molecule has 1 aromatic carbocycles. The second-order valence-corrected chi connectivity index (χ2v) is 6.58. The lowest BCUT2D eigenvalue weighted by molar-refractivity contribution is -0.118. The van der Waals surface area contributed by atoms with Gasteiger partial charge in [-0.1, -0.05) is 17.8 Å². The third kappa shape index (κ3) is 4.75. The molecule has 3 N–H and O–H groups in total. The molecule has 0 saturated carbocycles. The number of para-hydroxylation sites is 1. The summed E-state index contributed by atoms with van der Waals surface area (Å²) in [6.45, 7) is 1.58. The highest BCUT2D eigenvalue weighted by Gasteiger charge is 2.21. The summed E-state index contributed by atoms with van der Waals surface area (Å²) in [5.41, 5.74) is 4.61. The normalized spacial score (nSPS) is 12.0. The van der Waals surface area contributed by atoms with Crippen molar-refractivity contribution in [3.8, 4) is 0 Å². The van der Waals surface area contributed by atoms with E-state index in [1.54, 1.807) is 18.5 Å². The van der Waals surface area contributed by atoms with Crippen LogP contribution in [0.5, 0.6) is 0 Å². The van der Waals surface area contributed by atoms with Gasteiger partial charge in [-0.2, -0.15) is 0 Å². The minimum Gasteiger partial charge on any atom is -0.370 e. The van der Waals surface area contributed by atoms with E-state index in [1.807, 2.05) is 0 Å². The second-order valence-electron chi connectivity index (χ2n) is 5.27. The van der Waals surface area contributed by atoms with E-state index in [9.17, 15) is 18.4 Å². The molecule has 0 saturated heterocycles. The minimum absolute atomic E-state index is 0.138. The molecule has 0 bridgehead atoms. The minimum atomic E-state index is -0.849. The third-order valence-electron chi connectivity index (χ3n) is 3.38. The number of nitrogens with zero attached hydrogens (tertiary/aromatic N) is 3. The van der Waals surface area contributed by atoms with Gasteiger partial charge in [0.05, 0.1) is 5.25 Å². The number of nitrogens with two attached hydrogens (primary N) is 1. The molecule has 0 aliphatic rings. The number of aryl methyl sites for hydroxylation is 1. The summed E-state index contributed by atoms with van der Waals surface area (Å²) in [4.78, 5) is 23.0. The maximum Gasteiger partial charge on any atom is 0.237 e. The van der Waals surface area contributed by atoms with Crippen molar-refractivity contribution in [2.45, 2.75) is 30.2 Å². The van der Waals surface area contributed by atoms with E-state index in [0.29, 0.717) is 17.4 Å². The third-order valence-corrected chi connectivity index (χ3v) is 4.52. The Morgan fingerprint density at radius 3 is 2.56 bits per heavy atom. The number of primary amides is 1. The van der Waals surface area contributed by atoms with E-state index in [-0.39, 0.29) is 6.42 Å².